The molecule has 0 aliphatic rings. The van der Waals surface area contributed by atoms with Gasteiger partial charge < -0.3 is 20.1 Å². The summed E-state index contributed by atoms with van der Waals surface area (Å²) in [6.07, 6.45) is 1.77. The topological polar surface area (TPSA) is 83.1 Å². The van der Waals surface area contributed by atoms with Gasteiger partial charge in [-0.25, -0.2) is 9.97 Å². The van der Waals surface area contributed by atoms with Gasteiger partial charge in [0.25, 0.3) is 0 Å². The number of H-pyrrole nitrogens is 1. The van der Waals surface area contributed by atoms with Crippen molar-refractivity contribution in [3.05, 3.63) is 52.9 Å². The van der Waals surface area contributed by atoms with Gasteiger partial charge in [0.15, 0.2) is 0 Å². The van der Waals surface area contributed by atoms with E-state index in [0.717, 1.165) is 22.8 Å². The number of imidazole rings is 1. The highest BCUT2D eigenvalue weighted by Crippen LogP contribution is 2.31. The molecular formula is C17H17ClN4O2. The fourth-order valence-corrected chi connectivity index (χ4v) is 2.60. The molecule has 0 spiro atoms. The minimum absolute atomic E-state index is 0.100. The molecule has 0 aliphatic carbocycles. The Bertz CT molecular complexity index is 864. The lowest BCUT2D eigenvalue weighted by Gasteiger charge is -2.11. The molecule has 0 atom stereocenters. The highest BCUT2D eigenvalue weighted by Gasteiger charge is 2.10. The number of pyridine rings is 1. The second-order valence-electron chi connectivity index (χ2n) is 5.30. The number of anilines is 2. The van der Waals surface area contributed by atoms with Crippen molar-refractivity contribution in [2.24, 2.45) is 0 Å². The molecule has 2 heterocycles. The Morgan fingerprint density at radius 1 is 1.29 bits per heavy atom. The lowest BCUT2D eigenvalue weighted by Crippen LogP contribution is -1.97. The van der Waals surface area contributed by atoms with Crippen LogP contribution < -0.4 is 10.1 Å². The van der Waals surface area contributed by atoms with Gasteiger partial charge in [0.05, 0.1) is 19.3 Å². The van der Waals surface area contributed by atoms with Crippen LogP contribution in [0.5, 0.6) is 5.75 Å². The van der Waals surface area contributed by atoms with Crippen LogP contribution in [0.25, 0.3) is 11.4 Å². The molecule has 0 fully saturated rings. The summed E-state index contributed by atoms with van der Waals surface area (Å²) >= 11 is 5.96. The first-order valence-electron chi connectivity index (χ1n) is 7.33. The number of halogens is 1. The maximum Gasteiger partial charge on any atom is 0.141 e. The number of hydrogen-bond donors (Lipinski definition) is 3. The molecule has 24 heavy (non-hydrogen) atoms. The summed E-state index contributed by atoms with van der Waals surface area (Å²) in [5.41, 5.74) is 3.32. The van der Waals surface area contributed by atoms with Crippen molar-refractivity contribution in [1.29, 1.82) is 0 Å². The van der Waals surface area contributed by atoms with E-state index in [-0.39, 0.29) is 6.61 Å². The molecule has 0 saturated heterocycles. The smallest absolute Gasteiger partial charge is 0.141 e. The minimum Gasteiger partial charge on any atom is -0.496 e. The summed E-state index contributed by atoms with van der Waals surface area (Å²) in [7, 11) is 1.61. The van der Waals surface area contributed by atoms with Crippen LogP contribution in [0.15, 0.2) is 36.5 Å². The summed E-state index contributed by atoms with van der Waals surface area (Å²) in [6, 6.07) is 9.03. The van der Waals surface area contributed by atoms with Gasteiger partial charge in [0.1, 0.15) is 22.5 Å². The van der Waals surface area contributed by atoms with Crippen LogP contribution in [0.1, 0.15) is 11.3 Å². The van der Waals surface area contributed by atoms with Crippen LogP contribution in [0.4, 0.5) is 11.5 Å². The number of nitrogens with one attached hydrogen (secondary N) is 2. The maximum atomic E-state index is 9.25. The average Bonchev–Trinajstić information content (AvgIpc) is 3.00. The molecule has 0 unspecified atom stereocenters. The number of methoxy groups -OCH3 is 1. The van der Waals surface area contributed by atoms with Crippen molar-refractivity contribution < 1.29 is 9.84 Å². The van der Waals surface area contributed by atoms with Crippen LogP contribution in [-0.4, -0.2) is 27.2 Å². The van der Waals surface area contributed by atoms with Crippen molar-refractivity contribution in [3.63, 3.8) is 0 Å². The van der Waals surface area contributed by atoms with Crippen molar-refractivity contribution >= 4 is 23.1 Å². The third-order valence-electron chi connectivity index (χ3n) is 3.47. The van der Waals surface area contributed by atoms with Gasteiger partial charge in [-0.2, -0.15) is 0 Å². The SMILES string of the molecule is COc1cc(Nc2cc(CO)cc(Cl)n2)ccc1-c1ncc(C)[nH]1. The van der Waals surface area contributed by atoms with E-state index in [9.17, 15) is 5.11 Å². The number of aliphatic hydroxyl groups excluding tert-OH is 1. The normalized spacial score (nSPS) is 10.7. The van der Waals surface area contributed by atoms with Crippen molar-refractivity contribution in [2.75, 3.05) is 12.4 Å². The van der Waals surface area contributed by atoms with Crippen LogP contribution in [0, 0.1) is 6.92 Å². The number of aromatic amines is 1. The molecular weight excluding hydrogens is 328 g/mol. The second kappa shape index (κ2) is 6.90. The number of benzene rings is 1. The Balaban J connectivity index is 1.91. The lowest BCUT2D eigenvalue weighted by molar-refractivity contribution is 0.282. The van der Waals surface area contributed by atoms with E-state index in [0.29, 0.717) is 22.3 Å². The monoisotopic (exact) mass is 344 g/mol. The third-order valence-corrected chi connectivity index (χ3v) is 3.66. The molecule has 3 aromatic rings. The van der Waals surface area contributed by atoms with Gasteiger partial charge in [-0.1, -0.05) is 11.6 Å². The van der Waals surface area contributed by atoms with E-state index in [1.165, 1.54) is 0 Å². The van der Waals surface area contributed by atoms with Gasteiger partial charge in [-0.05, 0) is 36.8 Å². The predicted octanol–water partition coefficient (Wildman–Crippen LogP) is 3.68. The van der Waals surface area contributed by atoms with Crippen molar-refractivity contribution in [1.82, 2.24) is 15.0 Å². The van der Waals surface area contributed by atoms with Crippen LogP contribution >= 0.6 is 11.6 Å². The molecule has 0 bridgehead atoms. The zero-order valence-electron chi connectivity index (χ0n) is 13.3. The van der Waals surface area contributed by atoms with E-state index >= 15 is 0 Å². The van der Waals surface area contributed by atoms with Crippen LogP contribution in [0.3, 0.4) is 0 Å². The Kier molecular flexibility index (Phi) is 4.69. The molecule has 0 amide bonds. The first-order chi connectivity index (χ1) is 11.6. The molecule has 0 aliphatic heterocycles. The first kappa shape index (κ1) is 16.3. The maximum absolute atomic E-state index is 9.25. The summed E-state index contributed by atoms with van der Waals surface area (Å²) in [4.78, 5) is 11.7. The van der Waals surface area contributed by atoms with Gasteiger partial charge in [0.2, 0.25) is 0 Å². The predicted molar refractivity (Wildman–Crippen MR) is 93.8 cm³/mol. The van der Waals surface area contributed by atoms with E-state index in [1.807, 2.05) is 25.1 Å². The van der Waals surface area contributed by atoms with Gasteiger partial charge in [0, 0.05) is 23.6 Å². The number of aliphatic hydroxyl groups is 1. The molecule has 0 saturated carbocycles. The Hall–Kier alpha value is -2.57. The van der Waals surface area contributed by atoms with Gasteiger partial charge in [-0.3, -0.25) is 0 Å². The largest absolute Gasteiger partial charge is 0.496 e. The second-order valence-corrected chi connectivity index (χ2v) is 5.68. The number of nitrogens with zero attached hydrogens (tertiary/aromatic N) is 2. The molecule has 124 valence electrons. The number of aryl methyl sites for hydroxylation is 1. The Labute approximate surface area is 144 Å². The Morgan fingerprint density at radius 2 is 2.12 bits per heavy atom. The molecule has 3 rings (SSSR count). The summed E-state index contributed by atoms with van der Waals surface area (Å²) < 4.78 is 5.47. The molecule has 1 aromatic carbocycles. The van der Waals surface area contributed by atoms with Gasteiger partial charge in [-0.15, -0.1) is 0 Å². The summed E-state index contributed by atoms with van der Waals surface area (Å²) in [6.45, 7) is 1.85. The highest BCUT2D eigenvalue weighted by atomic mass is 35.5. The zero-order valence-corrected chi connectivity index (χ0v) is 14.1. The van der Waals surface area contributed by atoms with E-state index < -0.39 is 0 Å². The zero-order chi connectivity index (χ0) is 17.1. The quantitative estimate of drug-likeness (QED) is 0.615. The molecule has 3 N–H and O–H groups in total. The first-order valence-corrected chi connectivity index (χ1v) is 7.71. The lowest BCUT2D eigenvalue weighted by atomic mass is 10.1. The standard InChI is InChI=1S/C17H17ClN4O2/c1-10-8-19-17(20-10)13-4-3-12(7-14(13)24-2)21-16-6-11(9-23)5-15(18)22-16/h3-8,23H,9H2,1-2H3,(H,19,20)(H,21,22). The van der Waals surface area contributed by atoms with E-state index in [2.05, 4.69) is 20.3 Å². The number of ether oxygens (including phenoxy) is 1. The summed E-state index contributed by atoms with van der Waals surface area (Å²) in [5, 5.41) is 12.7. The molecule has 7 heteroatoms. The van der Waals surface area contributed by atoms with E-state index in [1.54, 1.807) is 25.4 Å². The molecule has 6 nitrogen and oxygen atoms in total. The Morgan fingerprint density at radius 3 is 2.79 bits per heavy atom. The molecule has 0 radical (unpaired) electrons. The van der Waals surface area contributed by atoms with Crippen molar-refractivity contribution in [3.8, 4) is 17.1 Å². The average molecular weight is 345 g/mol. The highest BCUT2D eigenvalue weighted by molar-refractivity contribution is 6.29. The summed E-state index contributed by atoms with van der Waals surface area (Å²) in [5.74, 6) is 1.98. The number of hydrogen-bond acceptors (Lipinski definition) is 5. The van der Waals surface area contributed by atoms with Gasteiger partial charge >= 0.3 is 0 Å². The fraction of sp³-hybridized carbons (Fsp3) is 0.176. The van der Waals surface area contributed by atoms with Crippen LogP contribution in [-0.2, 0) is 6.61 Å². The number of rotatable bonds is 5. The fourth-order valence-electron chi connectivity index (χ4n) is 2.37. The number of aromatic nitrogens is 3. The third kappa shape index (κ3) is 3.50. The van der Waals surface area contributed by atoms with Crippen molar-refractivity contribution in [2.45, 2.75) is 13.5 Å². The van der Waals surface area contributed by atoms with E-state index in [4.69, 9.17) is 16.3 Å². The van der Waals surface area contributed by atoms with Crippen LogP contribution in [0.2, 0.25) is 5.15 Å². The molecule has 2 aromatic heterocycles. The minimum atomic E-state index is -0.100.